The van der Waals surface area contributed by atoms with Gasteiger partial charge in [-0.25, -0.2) is 0 Å². The number of hydrogen-bond donors (Lipinski definition) is 0. The van der Waals surface area contributed by atoms with Gasteiger partial charge < -0.3 is 9.47 Å². The first-order valence-corrected chi connectivity index (χ1v) is 4.32. The molecule has 1 heterocycles. The lowest BCUT2D eigenvalue weighted by Crippen LogP contribution is -2.34. The molecule has 0 aromatic rings. The average molecular weight is 190 g/mol. The van der Waals surface area contributed by atoms with Crippen molar-refractivity contribution >= 4 is 5.78 Å². The zero-order valence-electron chi connectivity index (χ0n) is 7.71. The van der Waals surface area contributed by atoms with Crippen molar-refractivity contribution in [2.24, 2.45) is 0 Å². The molecule has 0 aromatic heterocycles. The normalized spacial score (nSPS) is 30.4. The maximum absolute atomic E-state index is 11.3. The van der Waals surface area contributed by atoms with Crippen LogP contribution in [0, 0.1) is 12.3 Å². The van der Waals surface area contributed by atoms with Gasteiger partial charge in [0.1, 0.15) is 11.4 Å². The van der Waals surface area contributed by atoms with Crippen LogP contribution in [0.4, 0.5) is 0 Å². The quantitative estimate of drug-likeness (QED) is 0.460. The van der Waals surface area contributed by atoms with E-state index in [4.69, 9.17) is 15.9 Å². The Kier molecular flexibility index (Phi) is 1.94. The molecule has 0 unspecified atom stereocenters. The van der Waals surface area contributed by atoms with Gasteiger partial charge in [0.25, 0.3) is 0 Å². The summed E-state index contributed by atoms with van der Waals surface area (Å²) < 4.78 is 10.7. The summed E-state index contributed by atoms with van der Waals surface area (Å²) in [4.78, 5) is 11.3. The van der Waals surface area contributed by atoms with E-state index in [1.54, 1.807) is 0 Å². The summed E-state index contributed by atoms with van der Waals surface area (Å²) in [5, 5.41) is 0. The Labute approximate surface area is 82.4 Å². The van der Waals surface area contributed by atoms with Gasteiger partial charge in [-0.1, -0.05) is 6.58 Å². The van der Waals surface area contributed by atoms with Crippen LogP contribution in [-0.2, 0) is 14.3 Å². The van der Waals surface area contributed by atoms with Crippen LogP contribution >= 0.6 is 0 Å². The molecule has 0 bridgehead atoms. The molecule has 14 heavy (non-hydrogen) atoms. The molecule has 0 saturated carbocycles. The van der Waals surface area contributed by atoms with E-state index in [0.29, 0.717) is 24.2 Å². The van der Waals surface area contributed by atoms with Crippen molar-refractivity contribution in [1.29, 1.82) is 0 Å². The highest BCUT2D eigenvalue weighted by Crippen LogP contribution is 2.40. The fourth-order valence-corrected chi connectivity index (χ4v) is 1.74. The van der Waals surface area contributed by atoms with E-state index < -0.39 is 5.60 Å². The molecule has 1 atom stereocenters. The molecule has 0 aromatic carbocycles. The van der Waals surface area contributed by atoms with Crippen molar-refractivity contribution in [3.05, 3.63) is 24.0 Å². The number of rotatable bonds is 1. The number of fused-ring (bicyclic) bond motifs is 1. The Bertz CT molecular complexity index is 372. The zero-order valence-corrected chi connectivity index (χ0v) is 7.71. The molecule has 0 spiro atoms. The molecule has 1 fully saturated rings. The summed E-state index contributed by atoms with van der Waals surface area (Å²) in [6, 6.07) is 0. The Morgan fingerprint density at radius 2 is 2.50 bits per heavy atom. The predicted molar refractivity (Wildman–Crippen MR) is 50.1 cm³/mol. The van der Waals surface area contributed by atoms with E-state index in [9.17, 15) is 4.79 Å². The first-order chi connectivity index (χ1) is 6.68. The average Bonchev–Trinajstić information content (AvgIpc) is 2.49. The SMILES string of the molecule is C#CC[C@@]12CC(=C)C(=O)C=C1OCO2. The van der Waals surface area contributed by atoms with Gasteiger partial charge in [-0.2, -0.15) is 0 Å². The van der Waals surface area contributed by atoms with Crippen LogP contribution in [0.3, 0.4) is 0 Å². The number of terminal acetylenes is 1. The predicted octanol–water partition coefficient (Wildman–Crippen LogP) is 1.17. The molecule has 1 aliphatic heterocycles. The van der Waals surface area contributed by atoms with Gasteiger partial charge in [0.05, 0.1) is 0 Å². The maximum atomic E-state index is 11.3. The summed E-state index contributed by atoms with van der Waals surface area (Å²) in [6.07, 6.45) is 7.53. The summed E-state index contributed by atoms with van der Waals surface area (Å²) in [7, 11) is 0. The van der Waals surface area contributed by atoms with Crippen molar-refractivity contribution in [3.8, 4) is 12.3 Å². The Balaban J connectivity index is 2.40. The molecule has 2 rings (SSSR count). The molecular formula is C11H10O3. The van der Waals surface area contributed by atoms with E-state index in [1.807, 2.05) is 0 Å². The summed E-state index contributed by atoms with van der Waals surface area (Å²) in [5.74, 6) is 2.99. The van der Waals surface area contributed by atoms with E-state index >= 15 is 0 Å². The number of allylic oxidation sites excluding steroid dienone is 1. The van der Waals surface area contributed by atoms with E-state index in [1.165, 1.54) is 6.08 Å². The molecule has 3 nitrogen and oxygen atoms in total. The zero-order chi connectivity index (χ0) is 10.2. The smallest absolute Gasteiger partial charge is 0.190 e. The highest BCUT2D eigenvalue weighted by molar-refractivity contribution is 6.05. The van der Waals surface area contributed by atoms with Crippen molar-refractivity contribution in [3.63, 3.8) is 0 Å². The second kappa shape index (κ2) is 3.00. The van der Waals surface area contributed by atoms with Gasteiger partial charge >= 0.3 is 0 Å². The molecule has 3 heteroatoms. The minimum Gasteiger partial charge on any atom is -0.469 e. The molecule has 1 saturated heterocycles. The lowest BCUT2D eigenvalue weighted by atomic mass is 9.83. The summed E-state index contributed by atoms with van der Waals surface area (Å²) in [6.45, 7) is 3.85. The van der Waals surface area contributed by atoms with Gasteiger partial charge in [0.15, 0.2) is 12.6 Å². The van der Waals surface area contributed by atoms with Crippen LogP contribution in [0.15, 0.2) is 24.0 Å². The van der Waals surface area contributed by atoms with Gasteiger partial charge in [-0.3, -0.25) is 4.79 Å². The number of carbonyl (C=O) groups is 1. The number of ketones is 1. The van der Waals surface area contributed by atoms with E-state index in [2.05, 4.69) is 12.5 Å². The maximum Gasteiger partial charge on any atom is 0.190 e. The third-order valence-electron chi connectivity index (χ3n) is 2.50. The molecule has 2 aliphatic rings. The summed E-state index contributed by atoms with van der Waals surface area (Å²) in [5.41, 5.74) is -0.103. The fourth-order valence-electron chi connectivity index (χ4n) is 1.74. The third-order valence-corrected chi connectivity index (χ3v) is 2.50. The lowest BCUT2D eigenvalue weighted by molar-refractivity contribution is -0.112. The van der Waals surface area contributed by atoms with Crippen LogP contribution in [-0.4, -0.2) is 18.2 Å². The molecule has 0 radical (unpaired) electrons. The second-order valence-electron chi connectivity index (χ2n) is 3.43. The van der Waals surface area contributed by atoms with Crippen molar-refractivity contribution in [2.75, 3.05) is 6.79 Å². The first kappa shape index (κ1) is 9.04. The Morgan fingerprint density at radius 3 is 3.21 bits per heavy atom. The van der Waals surface area contributed by atoms with E-state index in [-0.39, 0.29) is 12.6 Å². The number of ether oxygens (including phenoxy) is 2. The van der Waals surface area contributed by atoms with Crippen LogP contribution in [0.1, 0.15) is 12.8 Å². The van der Waals surface area contributed by atoms with Crippen LogP contribution in [0.25, 0.3) is 0 Å². The van der Waals surface area contributed by atoms with E-state index in [0.717, 1.165) is 0 Å². The van der Waals surface area contributed by atoms with Crippen LogP contribution in [0.2, 0.25) is 0 Å². The molecule has 72 valence electrons. The minimum absolute atomic E-state index is 0.0989. The Morgan fingerprint density at radius 1 is 1.71 bits per heavy atom. The molecular weight excluding hydrogens is 180 g/mol. The highest BCUT2D eigenvalue weighted by Gasteiger charge is 2.45. The lowest BCUT2D eigenvalue weighted by Gasteiger charge is -2.28. The first-order valence-electron chi connectivity index (χ1n) is 4.32. The van der Waals surface area contributed by atoms with Crippen molar-refractivity contribution in [2.45, 2.75) is 18.4 Å². The topological polar surface area (TPSA) is 35.5 Å². The van der Waals surface area contributed by atoms with Crippen molar-refractivity contribution in [1.82, 2.24) is 0 Å². The Hall–Kier alpha value is -1.53. The molecule has 0 amide bonds. The van der Waals surface area contributed by atoms with Gasteiger partial charge in [0, 0.05) is 18.9 Å². The number of carbonyl (C=O) groups excluding carboxylic acids is 1. The summed E-state index contributed by atoms with van der Waals surface area (Å²) >= 11 is 0. The van der Waals surface area contributed by atoms with Gasteiger partial charge in [-0.05, 0) is 5.57 Å². The van der Waals surface area contributed by atoms with Gasteiger partial charge in [0.2, 0.25) is 0 Å². The van der Waals surface area contributed by atoms with Gasteiger partial charge in [-0.15, -0.1) is 12.3 Å². The van der Waals surface area contributed by atoms with Crippen LogP contribution in [0.5, 0.6) is 0 Å². The standard InChI is InChI=1S/C11H10O3/c1-3-4-11-6-8(2)9(12)5-10(11)13-7-14-11/h1,5H,2,4,6-7H2/t11-/m1/s1. The molecule has 0 N–H and O–H groups in total. The number of hydrogen-bond acceptors (Lipinski definition) is 3. The third kappa shape index (κ3) is 1.16. The largest absolute Gasteiger partial charge is 0.469 e. The fraction of sp³-hybridized carbons (Fsp3) is 0.364. The second-order valence-corrected chi connectivity index (χ2v) is 3.43. The monoisotopic (exact) mass is 190 g/mol. The highest BCUT2D eigenvalue weighted by atomic mass is 16.7. The minimum atomic E-state index is -0.625. The van der Waals surface area contributed by atoms with Crippen LogP contribution < -0.4 is 0 Å². The molecule has 1 aliphatic carbocycles. The van der Waals surface area contributed by atoms with Crippen molar-refractivity contribution < 1.29 is 14.3 Å².